The molecule has 2 rings (SSSR count). The quantitative estimate of drug-likeness (QED) is 0.760. The van der Waals surface area contributed by atoms with E-state index >= 15 is 0 Å². The van der Waals surface area contributed by atoms with E-state index in [1.54, 1.807) is 17.0 Å². The van der Waals surface area contributed by atoms with Gasteiger partial charge in [0.2, 0.25) is 0 Å². The molecule has 0 aromatic heterocycles. The topological polar surface area (TPSA) is 60.8 Å². The van der Waals surface area contributed by atoms with Crippen LogP contribution in [0.4, 0.5) is 0 Å². The van der Waals surface area contributed by atoms with Gasteiger partial charge in [0, 0.05) is 16.7 Å². The minimum atomic E-state index is -0.436. The van der Waals surface area contributed by atoms with E-state index in [0.29, 0.717) is 25.1 Å². The number of likely N-dealkylation sites (tertiary alicyclic amines) is 1. The van der Waals surface area contributed by atoms with Crippen LogP contribution in [0, 0.1) is 3.57 Å². The molecule has 1 amide bonds. The number of aromatic hydroxyl groups is 1. The normalized spacial score (nSPS) is 20.1. The number of phenolic OH excluding ortho intramolecular Hbond substituents is 1. The predicted molar refractivity (Wildman–Crippen MR) is 67.4 cm³/mol. The maximum Gasteiger partial charge on any atom is 0.257 e. The second-order valence-electron chi connectivity index (χ2n) is 3.86. The average molecular weight is 333 g/mol. The zero-order chi connectivity index (χ0) is 11.7. The van der Waals surface area contributed by atoms with Crippen molar-refractivity contribution < 1.29 is 15.0 Å². The SMILES string of the molecule is O=C(c1cc(I)ccc1O)N1CC[C@H](O)C1. The van der Waals surface area contributed by atoms with E-state index < -0.39 is 6.10 Å². The molecule has 5 heteroatoms. The molecular weight excluding hydrogens is 321 g/mol. The van der Waals surface area contributed by atoms with Gasteiger partial charge in [-0.1, -0.05) is 0 Å². The smallest absolute Gasteiger partial charge is 0.257 e. The van der Waals surface area contributed by atoms with Crippen LogP contribution in [0.5, 0.6) is 5.75 Å². The first kappa shape index (κ1) is 11.7. The fourth-order valence-corrected chi connectivity index (χ4v) is 2.27. The molecule has 0 aliphatic carbocycles. The van der Waals surface area contributed by atoms with Crippen LogP contribution >= 0.6 is 22.6 Å². The number of halogens is 1. The van der Waals surface area contributed by atoms with Crippen molar-refractivity contribution in [1.29, 1.82) is 0 Å². The highest BCUT2D eigenvalue weighted by atomic mass is 127. The van der Waals surface area contributed by atoms with Crippen LogP contribution in [0.25, 0.3) is 0 Å². The summed E-state index contributed by atoms with van der Waals surface area (Å²) < 4.78 is 0.901. The molecule has 1 aromatic rings. The number of rotatable bonds is 1. The molecule has 2 N–H and O–H groups in total. The van der Waals surface area contributed by atoms with Crippen LogP contribution in [0.2, 0.25) is 0 Å². The molecule has 0 spiro atoms. The minimum Gasteiger partial charge on any atom is -0.507 e. The molecule has 4 nitrogen and oxygen atoms in total. The van der Waals surface area contributed by atoms with Gasteiger partial charge in [-0.25, -0.2) is 0 Å². The van der Waals surface area contributed by atoms with Crippen LogP contribution < -0.4 is 0 Å². The zero-order valence-corrected chi connectivity index (χ0v) is 10.7. The van der Waals surface area contributed by atoms with Crippen LogP contribution in [0.3, 0.4) is 0 Å². The highest BCUT2D eigenvalue weighted by Gasteiger charge is 2.26. The van der Waals surface area contributed by atoms with Crippen molar-refractivity contribution >= 4 is 28.5 Å². The second-order valence-corrected chi connectivity index (χ2v) is 5.10. The molecule has 16 heavy (non-hydrogen) atoms. The van der Waals surface area contributed by atoms with Gasteiger partial charge in [-0.05, 0) is 47.2 Å². The minimum absolute atomic E-state index is 0.00759. The van der Waals surface area contributed by atoms with E-state index in [9.17, 15) is 15.0 Å². The van der Waals surface area contributed by atoms with Gasteiger partial charge in [0.15, 0.2) is 0 Å². The number of nitrogens with zero attached hydrogens (tertiary/aromatic N) is 1. The molecule has 1 aliphatic heterocycles. The molecule has 1 atom stereocenters. The van der Waals surface area contributed by atoms with E-state index in [1.807, 2.05) is 0 Å². The summed E-state index contributed by atoms with van der Waals surface area (Å²) in [5, 5.41) is 19.0. The van der Waals surface area contributed by atoms with Crippen molar-refractivity contribution in [3.8, 4) is 5.75 Å². The fraction of sp³-hybridized carbons (Fsp3) is 0.364. The number of β-amino-alcohol motifs (C(OH)–C–C–N with tert-alkyl or cyclic N) is 1. The molecule has 1 aliphatic rings. The van der Waals surface area contributed by atoms with Crippen molar-refractivity contribution in [2.45, 2.75) is 12.5 Å². The Morgan fingerprint density at radius 3 is 2.88 bits per heavy atom. The standard InChI is InChI=1S/C11H12INO3/c12-7-1-2-10(15)9(5-7)11(16)13-4-3-8(14)6-13/h1-2,5,8,14-15H,3-4,6H2/t8-/m0/s1. The summed E-state index contributed by atoms with van der Waals surface area (Å²) in [7, 11) is 0. The number of carbonyl (C=O) groups is 1. The van der Waals surface area contributed by atoms with Gasteiger partial charge < -0.3 is 15.1 Å². The highest BCUT2D eigenvalue weighted by Crippen LogP contribution is 2.23. The Balaban J connectivity index is 2.23. The van der Waals surface area contributed by atoms with Crippen LogP contribution in [0.15, 0.2) is 18.2 Å². The summed E-state index contributed by atoms with van der Waals surface area (Å²) in [4.78, 5) is 13.6. The maximum atomic E-state index is 12.0. The Hall–Kier alpha value is -0.820. The third kappa shape index (κ3) is 2.30. The third-order valence-electron chi connectivity index (χ3n) is 2.64. The number of aliphatic hydroxyl groups is 1. The monoisotopic (exact) mass is 333 g/mol. The Labute approximate surface area is 107 Å². The number of hydrogen-bond acceptors (Lipinski definition) is 3. The largest absolute Gasteiger partial charge is 0.507 e. The molecule has 86 valence electrons. The third-order valence-corrected chi connectivity index (χ3v) is 3.31. The summed E-state index contributed by atoms with van der Waals surface area (Å²) >= 11 is 2.09. The number of carbonyl (C=O) groups excluding carboxylic acids is 1. The van der Waals surface area contributed by atoms with E-state index in [1.165, 1.54) is 6.07 Å². The fourth-order valence-electron chi connectivity index (χ4n) is 1.78. The van der Waals surface area contributed by atoms with Gasteiger partial charge in [0.25, 0.3) is 5.91 Å². The lowest BCUT2D eigenvalue weighted by molar-refractivity contribution is 0.0762. The van der Waals surface area contributed by atoms with Crippen molar-refractivity contribution in [3.63, 3.8) is 0 Å². The number of aliphatic hydroxyl groups excluding tert-OH is 1. The van der Waals surface area contributed by atoms with Gasteiger partial charge in [-0.15, -0.1) is 0 Å². The zero-order valence-electron chi connectivity index (χ0n) is 8.56. The van der Waals surface area contributed by atoms with Crippen molar-refractivity contribution in [1.82, 2.24) is 4.90 Å². The molecule has 0 saturated carbocycles. The first-order valence-electron chi connectivity index (χ1n) is 5.04. The first-order chi connectivity index (χ1) is 7.58. The number of benzene rings is 1. The lowest BCUT2D eigenvalue weighted by Crippen LogP contribution is -2.29. The Kier molecular flexibility index (Phi) is 3.34. The van der Waals surface area contributed by atoms with Gasteiger partial charge in [-0.2, -0.15) is 0 Å². The van der Waals surface area contributed by atoms with Crippen LogP contribution in [-0.2, 0) is 0 Å². The average Bonchev–Trinajstić information content (AvgIpc) is 2.67. The summed E-state index contributed by atoms with van der Waals surface area (Å²) in [5.74, 6) is -0.223. The van der Waals surface area contributed by atoms with Gasteiger partial charge >= 0.3 is 0 Å². The Morgan fingerprint density at radius 2 is 2.25 bits per heavy atom. The molecule has 1 saturated heterocycles. The predicted octanol–water partition coefficient (Wildman–Crippen LogP) is 1.20. The van der Waals surface area contributed by atoms with E-state index in [2.05, 4.69) is 22.6 Å². The van der Waals surface area contributed by atoms with E-state index in [0.717, 1.165) is 3.57 Å². The summed E-state index contributed by atoms with van der Waals surface area (Å²) in [6, 6.07) is 4.91. The lowest BCUT2D eigenvalue weighted by atomic mass is 10.2. The molecule has 1 heterocycles. The maximum absolute atomic E-state index is 12.0. The van der Waals surface area contributed by atoms with Crippen LogP contribution in [0.1, 0.15) is 16.8 Å². The molecule has 0 radical (unpaired) electrons. The Bertz CT molecular complexity index is 422. The van der Waals surface area contributed by atoms with Crippen molar-refractivity contribution in [2.75, 3.05) is 13.1 Å². The number of amides is 1. The highest BCUT2D eigenvalue weighted by molar-refractivity contribution is 14.1. The van der Waals surface area contributed by atoms with E-state index in [4.69, 9.17) is 0 Å². The van der Waals surface area contributed by atoms with Crippen molar-refractivity contribution in [3.05, 3.63) is 27.3 Å². The number of phenols is 1. The lowest BCUT2D eigenvalue weighted by Gasteiger charge is -2.16. The second kappa shape index (κ2) is 4.58. The molecule has 0 unspecified atom stereocenters. The molecule has 1 aromatic carbocycles. The van der Waals surface area contributed by atoms with Gasteiger partial charge in [0.05, 0.1) is 11.7 Å². The van der Waals surface area contributed by atoms with Crippen molar-refractivity contribution in [2.24, 2.45) is 0 Å². The van der Waals surface area contributed by atoms with Gasteiger partial charge in [-0.3, -0.25) is 4.79 Å². The number of hydrogen-bond donors (Lipinski definition) is 2. The first-order valence-corrected chi connectivity index (χ1v) is 6.11. The summed E-state index contributed by atoms with van der Waals surface area (Å²) in [5.41, 5.74) is 0.306. The van der Waals surface area contributed by atoms with Crippen LogP contribution in [-0.4, -0.2) is 40.2 Å². The molecular formula is C11H12INO3. The Morgan fingerprint density at radius 1 is 1.50 bits per heavy atom. The molecule has 1 fully saturated rings. The van der Waals surface area contributed by atoms with Gasteiger partial charge in [0.1, 0.15) is 5.75 Å². The summed E-state index contributed by atoms with van der Waals surface area (Å²) in [6.45, 7) is 0.897. The molecule has 0 bridgehead atoms. The van der Waals surface area contributed by atoms with E-state index in [-0.39, 0.29) is 11.7 Å². The summed E-state index contributed by atoms with van der Waals surface area (Å²) in [6.07, 6.45) is 0.171.